The second-order valence-electron chi connectivity index (χ2n) is 6.34. The summed E-state index contributed by atoms with van der Waals surface area (Å²) in [5.74, 6) is -3.39. The van der Waals surface area contributed by atoms with E-state index in [4.69, 9.17) is 14.7 Å². The van der Waals surface area contributed by atoms with Gasteiger partial charge >= 0.3 is 0 Å². The minimum atomic E-state index is -4.33. The van der Waals surface area contributed by atoms with Gasteiger partial charge in [0.15, 0.2) is 25.3 Å². The van der Waals surface area contributed by atoms with Crippen molar-refractivity contribution in [2.45, 2.75) is 15.4 Å². The average molecular weight is 459 g/mol. The standard InChI is InChI=1S/C18H21NO9S2/c1-27-13-3-7-15(8-4-13)29(23,24)11-18(21,17(20)19-22)12-30(25,26)16-9-5-14(28-2)6-10-16/h3-10,21-22H,11-12H2,1-2H3,(H,19,20). The van der Waals surface area contributed by atoms with Crippen LogP contribution >= 0.6 is 0 Å². The molecule has 0 unspecified atom stereocenters. The number of ether oxygens (including phenoxy) is 2. The molecule has 0 aliphatic heterocycles. The van der Waals surface area contributed by atoms with Gasteiger partial charge in [-0.15, -0.1) is 0 Å². The molecule has 2 aromatic rings. The Kier molecular flexibility index (Phi) is 7.08. The molecule has 0 aliphatic carbocycles. The number of amides is 1. The molecular formula is C18H21NO9S2. The van der Waals surface area contributed by atoms with E-state index in [1.165, 1.54) is 62.8 Å². The smallest absolute Gasteiger partial charge is 0.277 e. The molecule has 0 spiro atoms. The monoisotopic (exact) mass is 459 g/mol. The van der Waals surface area contributed by atoms with E-state index in [1.54, 1.807) is 0 Å². The van der Waals surface area contributed by atoms with E-state index in [-0.39, 0.29) is 9.79 Å². The fourth-order valence-electron chi connectivity index (χ4n) is 2.64. The lowest BCUT2D eigenvalue weighted by atomic mass is 10.1. The van der Waals surface area contributed by atoms with Gasteiger partial charge < -0.3 is 14.6 Å². The minimum absolute atomic E-state index is 0.269. The molecular weight excluding hydrogens is 438 g/mol. The number of methoxy groups -OCH3 is 2. The third-order valence-electron chi connectivity index (χ3n) is 4.22. The number of carbonyl (C=O) groups excluding carboxylic acids is 1. The average Bonchev–Trinajstić information content (AvgIpc) is 2.72. The number of benzene rings is 2. The van der Waals surface area contributed by atoms with Gasteiger partial charge in [-0.1, -0.05) is 0 Å². The maximum absolute atomic E-state index is 12.7. The third-order valence-corrected chi connectivity index (χ3v) is 7.91. The van der Waals surface area contributed by atoms with Gasteiger partial charge in [-0.25, -0.2) is 22.3 Å². The second-order valence-corrected chi connectivity index (χ2v) is 10.3. The van der Waals surface area contributed by atoms with Crippen LogP contribution in [-0.2, 0) is 24.5 Å². The summed E-state index contributed by atoms with van der Waals surface area (Å²) in [7, 11) is -5.88. The number of hydroxylamine groups is 1. The molecule has 0 atom stereocenters. The van der Waals surface area contributed by atoms with Crippen LogP contribution in [0.3, 0.4) is 0 Å². The molecule has 10 nitrogen and oxygen atoms in total. The Balaban J connectivity index is 2.39. The van der Waals surface area contributed by atoms with E-state index < -0.39 is 42.7 Å². The summed E-state index contributed by atoms with van der Waals surface area (Å²) >= 11 is 0. The van der Waals surface area contributed by atoms with Crippen molar-refractivity contribution in [2.75, 3.05) is 25.7 Å². The fraction of sp³-hybridized carbons (Fsp3) is 0.278. The number of nitrogens with one attached hydrogen (secondary N) is 1. The summed E-state index contributed by atoms with van der Waals surface area (Å²) in [6, 6.07) is 10.1. The van der Waals surface area contributed by atoms with Gasteiger partial charge in [0.1, 0.15) is 11.5 Å². The lowest BCUT2D eigenvalue weighted by Crippen LogP contribution is -2.55. The Hall–Kier alpha value is -2.67. The van der Waals surface area contributed by atoms with Gasteiger partial charge in [-0.3, -0.25) is 10.0 Å². The topological polar surface area (TPSA) is 156 Å². The van der Waals surface area contributed by atoms with Crippen LogP contribution in [0.15, 0.2) is 58.3 Å². The lowest BCUT2D eigenvalue weighted by molar-refractivity contribution is -0.144. The molecule has 2 aromatic carbocycles. The summed E-state index contributed by atoms with van der Waals surface area (Å²) in [4.78, 5) is 11.5. The first-order valence-corrected chi connectivity index (χ1v) is 11.7. The van der Waals surface area contributed by atoms with Crippen molar-refractivity contribution in [3.63, 3.8) is 0 Å². The quantitative estimate of drug-likeness (QED) is 0.352. The van der Waals surface area contributed by atoms with Gasteiger partial charge in [0.05, 0.1) is 35.5 Å². The highest BCUT2D eigenvalue weighted by atomic mass is 32.2. The van der Waals surface area contributed by atoms with Crippen molar-refractivity contribution in [3.05, 3.63) is 48.5 Å². The van der Waals surface area contributed by atoms with Crippen molar-refractivity contribution < 1.29 is 41.4 Å². The lowest BCUT2D eigenvalue weighted by Gasteiger charge is -2.25. The Labute approximate surface area is 173 Å². The highest BCUT2D eigenvalue weighted by molar-refractivity contribution is 7.92. The zero-order valence-electron chi connectivity index (χ0n) is 16.1. The Morgan fingerprint density at radius 1 is 0.833 bits per heavy atom. The third kappa shape index (κ3) is 5.27. The molecule has 0 radical (unpaired) electrons. The predicted molar refractivity (Wildman–Crippen MR) is 105 cm³/mol. The van der Waals surface area contributed by atoms with E-state index in [0.717, 1.165) is 5.48 Å². The molecule has 0 fully saturated rings. The van der Waals surface area contributed by atoms with Crippen LogP contribution in [-0.4, -0.2) is 64.4 Å². The molecule has 0 aromatic heterocycles. The molecule has 0 saturated carbocycles. The zero-order valence-corrected chi connectivity index (χ0v) is 17.7. The van der Waals surface area contributed by atoms with E-state index in [1.807, 2.05) is 0 Å². The minimum Gasteiger partial charge on any atom is -0.497 e. The van der Waals surface area contributed by atoms with E-state index >= 15 is 0 Å². The maximum Gasteiger partial charge on any atom is 0.277 e. The Morgan fingerprint density at radius 3 is 1.43 bits per heavy atom. The van der Waals surface area contributed by atoms with E-state index in [9.17, 15) is 26.7 Å². The number of hydrogen-bond donors (Lipinski definition) is 3. The normalized spacial score (nSPS) is 12.3. The Bertz CT molecular complexity index is 1010. The first-order valence-electron chi connectivity index (χ1n) is 8.38. The van der Waals surface area contributed by atoms with Crippen molar-refractivity contribution in [2.24, 2.45) is 0 Å². The summed E-state index contributed by atoms with van der Waals surface area (Å²) in [5.41, 5.74) is -1.83. The fourth-order valence-corrected chi connectivity index (χ4v) is 5.93. The van der Waals surface area contributed by atoms with Crippen LogP contribution in [0.2, 0.25) is 0 Å². The van der Waals surface area contributed by atoms with Crippen molar-refractivity contribution >= 4 is 25.6 Å². The van der Waals surface area contributed by atoms with Gasteiger partial charge in [0, 0.05) is 0 Å². The number of rotatable bonds is 9. The van der Waals surface area contributed by atoms with Crippen LogP contribution in [0.1, 0.15) is 0 Å². The van der Waals surface area contributed by atoms with Gasteiger partial charge in [0.25, 0.3) is 5.91 Å². The SMILES string of the molecule is COc1ccc(S(=O)(=O)CC(O)(CS(=O)(=O)c2ccc(OC)cc2)C(=O)NO)cc1. The second kappa shape index (κ2) is 9.00. The van der Waals surface area contributed by atoms with Crippen LogP contribution in [0.4, 0.5) is 0 Å². The summed E-state index contributed by atoms with van der Waals surface area (Å²) in [6.45, 7) is 0. The Morgan fingerprint density at radius 2 is 1.17 bits per heavy atom. The van der Waals surface area contributed by atoms with Crippen LogP contribution in [0, 0.1) is 0 Å². The van der Waals surface area contributed by atoms with Crippen LogP contribution in [0.25, 0.3) is 0 Å². The molecule has 30 heavy (non-hydrogen) atoms. The molecule has 0 aliphatic rings. The van der Waals surface area contributed by atoms with Gasteiger partial charge in [-0.05, 0) is 48.5 Å². The van der Waals surface area contributed by atoms with Crippen LogP contribution in [0.5, 0.6) is 11.5 Å². The number of carbonyl (C=O) groups is 1. The van der Waals surface area contributed by atoms with Crippen molar-refractivity contribution in [3.8, 4) is 11.5 Å². The molecule has 0 bridgehead atoms. The molecule has 164 valence electrons. The summed E-state index contributed by atoms with van der Waals surface area (Å²) in [6.07, 6.45) is 0. The molecule has 2 rings (SSSR count). The van der Waals surface area contributed by atoms with E-state index in [0.29, 0.717) is 11.5 Å². The van der Waals surface area contributed by atoms with Crippen LogP contribution < -0.4 is 15.0 Å². The first-order chi connectivity index (χ1) is 14.0. The molecule has 0 saturated heterocycles. The largest absolute Gasteiger partial charge is 0.497 e. The zero-order chi connectivity index (χ0) is 22.6. The number of sulfone groups is 2. The van der Waals surface area contributed by atoms with Crippen molar-refractivity contribution in [1.29, 1.82) is 0 Å². The highest BCUT2D eigenvalue weighted by Crippen LogP contribution is 2.24. The van der Waals surface area contributed by atoms with Crippen molar-refractivity contribution in [1.82, 2.24) is 5.48 Å². The predicted octanol–water partition coefficient (Wildman–Crippen LogP) is 0.188. The molecule has 1 amide bonds. The molecule has 0 heterocycles. The van der Waals surface area contributed by atoms with Gasteiger partial charge in [-0.2, -0.15) is 0 Å². The summed E-state index contributed by atoms with van der Waals surface area (Å²) in [5, 5.41) is 19.7. The maximum atomic E-state index is 12.7. The number of aliphatic hydroxyl groups is 1. The van der Waals surface area contributed by atoms with Gasteiger partial charge in [0.2, 0.25) is 0 Å². The summed E-state index contributed by atoms with van der Waals surface area (Å²) < 4.78 is 60.7. The first kappa shape index (κ1) is 23.6. The molecule has 12 heteroatoms. The van der Waals surface area contributed by atoms with E-state index in [2.05, 4.69) is 0 Å². The molecule has 3 N–H and O–H groups in total. The number of hydrogen-bond acceptors (Lipinski definition) is 9. The highest BCUT2D eigenvalue weighted by Gasteiger charge is 2.45.